The topological polar surface area (TPSA) is 49.9 Å². The molecule has 5 nitrogen and oxygen atoms in total. The first-order valence-corrected chi connectivity index (χ1v) is 8.68. The summed E-state index contributed by atoms with van der Waals surface area (Å²) in [4.78, 5) is 28.2. The monoisotopic (exact) mass is 350 g/mol. The summed E-state index contributed by atoms with van der Waals surface area (Å²) in [6.07, 6.45) is 1.26. The molecular weight excluding hydrogens is 323 g/mol. The highest BCUT2D eigenvalue weighted by Gasteiger charge is 2.25. The van der Waals surface area contributed by atoms with Gasteiger partial charge >= 0.3 is 0 Å². The summed E-state index contributed by atoms with van der Waals surface area (Å²) in [5, 5.41) is 0. The van der Waals surface area contributed by atoms with Crippen LogP contribution in [0, 0.1) is 11.2 Å². The predicted octanol–water partition coefficient (Wildman–Crippen LogP) is 2.70. The van der Waals surface area contributed by atoms with Crippen LogP contribution >= 0.6 is 0 Å². The molecule has 0 N–H and O–H groups in total. The maximum absolute atomic E-state index is 13.1. The summed E-state index contributed by atoms with van der Waals surface area (Å²) in [5.41, 5.74) is -0.0440. The molecule has 0 aliphatic carbocycles. The number of hydrogen-bond donors (Lipinski definition) is 0. The second-order valence-corrected chi connectivity index (χ2v) is 7.60. The van der Waals surface area contributed by atoms with E-state index in [0.29, 0.717) is 38.3 Å². The lowest BCUT2D eigenvalue weighted by Crippen LogP contribution is -2.39. The van der Waals surface area contributed by atoms with Crippen LogP contribution in [0.1, 0.15) is 33.6 Å². The highest BCUT2D eigenvalue weighted by Crippen LogP contribution is 2.20. The lowest BCUT2D eigenvalue weighted by Gasteiger charge is -2.25. The van der Waals surface area contributed by atoms with E-state index < -0.39 is 5.82 Å². The SMILES string of the molecule is CC(C)(C)CC(=O)N1CCCN(C(=O)COc2cccc(F)c2)CC1. The van der Waals surface area contributed by atoms with Crippen LogP contribution in [0.3, 0.4) is 0 Å². The highest BCUT2D eigenvalue weighted by molar-refractivity contribution is 5.79. The van der Waals surface area contributed by atoms with Crippen molar-refractivity contribution in [3.63, 3.8) is 0 Å². The molecule has 1 aromatic rings. The van der Waals surface area contributed by atoms with E-state index in [1.165, 1.54) is 12.1 Å². The summed E-state index contributed by atoms with van der Waals surface area (Å²) in [6, 6.07) is 5.74. The minimum atomic E-state index is -0.396. The van der Waals surface area contributed by atoms with Crippen LogP contribution in [0.4, 0.5) is 4.39 Å². The molecule has 0 atom stereocenters. The molecular formula is C19H27FN2O3. The van der Waals surface area contributed by atoms with Gasteiger partial charge in [0.25, 0.3) is 5.91 Å². The normalized spacial score (nSPS) is 15.7. The quantitative estimate of drug-likeness (QED) is 0.839. The van der Waals surface area contributed by atoms with Crippen LogP contribution in [0.5, 0.6) is 5.75 Å². The van der Waals surface area contributed by atoms with E-state index in [-0.39, 0.29) is 23.8 Å². The van der Waals surface area contributed by atoms with E-state index in [1.807, 2.05) is 25.7 Å². The zero-order valence-corrected chi connectivity index (χ0v) is 15.3. The first-order valence-electron chi connectivity index (χ1n) is 8.68. The van der Waals surface area contributed by atoms with Crippen LogP contribution < -0.4 is 4.74 Å². The maximum Gasteiger partial charge on any atom is 0.260 e. The zero-order valence-electron chi connectivity index (χ0n) is 15.3. The van der Waals surface area contributed by atoms with Crippen molar-refractivity contribution in [2.24, 2.45) is 5.41 Å². The molecule has 2 rings (SSSR count). The molecule has 0 spiro atoms. The molecule has 0 unspecified atom stereocenters. The van der Waals surface area contributed by atoms with Crippen LogP contribution in [0.25, 0.3) is 0 Å². The van der Waals surface area contributed by atoms with Gasteiger partial charge in [-0.05, 0) is 24.0 Å². The van der Waals surface area contributed by atoms with E-state index in [9.17, 15) is 14.0 Å². The van der Waals surface area contributed by atoms with Crippen molar-refractivity contribution in [1.82, 2.24) is 9.80 Å². The minimum absolute atomic E-state index is 0.0440. The Morgan fingerprint density at radius 1 is 1.08 bits per heavy atom. The van der Waals surface area contributed by atoms with Gasteiger partial charge in [-0.25, -0.2) is 4.39 Å². The maximum atomic E-state index is 13.1. The average molecular weight is 350 g/mol. The Kier molecular flexibility index (Phi) is 6.39. The van der Waals surface area contributed by atoms with Crippen LogP contribution in [-0.4, -0.2) is 54.4 Å². The first kappa shape index (κ1) is 19.2. The number of carbonyl (C=O) groups is 2. The smallest absolute Gasteiger partial charge is 0.260 e. The van der Waals surface area contributed by atoms with Gasteiger partial charge in [0.2, 0.25) is 5.91 Å². The number of nitrogens with zero attached hydrogens (tertiary/aromatic N) is 2. The summed E-state index contributed by atoms with van der Waals surface area (Å²) in [5.74, 6) is -0.0648. The number of benzene rings is 1. The van der Waals surface area contributed by atoms with Gasteiger partial charge in [0, 0.05) is 38.7 Å². The predicted molar refractivity (Wildman–Crippen MR) is 93.7 cm³/mol. The largest absolute Gasteiger partial charge is 0.484 e. The van der Waals surface area contributed by atoms with Gasteiger partial charge < -0.3 is 14.5 Å². The first-order chi connectivity index (χ1) is 11.7. The Bertz CT molecular complexity index is 613. The van der Waals surface area contributed by atoms with Gasteiger partial charge in [0.05, 0.1) is 0 Å². The van der Waals surface area contributed by atoms with Crippen molar-refractivity contribution in [2.45, 2.75) is 33.6 Å². The van der Waals surface area contributed by atoms with Gasteiger partial charge in [-0.15, -0.1) is 0 Å². The van der Waals surface area contributed by atoms with Crippen molar-refractivity contribution in [3.8, 4) is 5.75 Å². The molecule has 0 aromatic heterocycles. The van der Waals surface area contributed by atoms with E-state index >= 15 is 0 Å². The summed E-state index contributed by atoms with van der Waals surface area (Å²) >= 11 is 0. The Morgan fingerprint density at radius 3 is 2.32 bits per heavy atom. The second-order valence-electron chi connectivity index (χ2n) is 7.60. The molecule has 2 amide bonds. The van der Waals surface area contributed by atoms with Crippen LogP contribution in [0.2, 0.25) is 0 Å². The van der Waals surface area contributed by atoms with Crippen molar-refractivity contribution in [1.29, 1.82) is 0 Å². The van der Waals surface area contributed by atoms with Crippen molar-refractivity contribution in [2.75, 3.05) is 32.8 Å². The van der Waals surface area contributed by atoms with Crippen molar-refractivity contribution >= 4 is 11.8 Å². The van der Waals surface area contributed by atoms with Crippen molar-refractivity contribution in [3.05, 3.63) is 30.1 Å². The van der Waals surface area contributed by atoms with E-state index in [0.717, 1.165) is 6.42 Å². The summed E-state index contributed by atoms with van der Waals surface area (Å²) in [6.45, 7) is 8.32. The summed E-state index contributed by atoms with van der Waals surface area (Å²) in [7, 11) is 0. The van der Waals surface area contributed by atoms with Gasteiger partial charge in [-0.2, -0.15) is 0 Å². The lowest BCUT2D eigenvalue weighted by molar-refractivity contribution is -0.135. The molecule has 1 fully saturated rings. The number of rotatable bonds is 4. The molecule has 1 aliphatic heterocycles. The third-order valence-corrected chi connectivity index (χ3v) is 4.04. The molecule has 0 saturated carbocycles. The molecule has 1 heterocycles. The molecule has 138 valence electrons. The standard InChI is InChI=1S/C19H27FN2O3/c1-19(2,3)13-17(23)21-8-5-9-22(11-10-21)18(24)14-25-16-7-4-6-15(20)12-16/h4,6-7,12H,5,8-11,13-14H2,1-3H3. The molecule has 6 heteroatoms. The second kappa shape index (κ2) is 8.32. The zero-order chi connectivity index (χ0) is 18.4. The third-order valence-electron chi connectivity index (χ3n) is 4.04. The fourth-order valence-electron chi connectivity index (χ4n) is 2.77. The Labute approximate surface area is 148 Å². The van der Waals surface area contributed by atoms with Gasteiger partial charge in [0.1, 0.15) is 11.6 Å². The fourth-order valence-corrected chi connectivity index (χ4v) is 2.77. The Balaban J connectivity index is 1.83. The number of amides is 2. The van der Waals surface area contributed by atoms with Gasteiger partial charge in [-0.1, -0.05) is 26.8 Å². The number of halogens is 1. The Hall–Kier alpha value is -2.11. The third kappa shape index (κ3) is 6.36. The fraction of sp³-hybridized carbons (Fsp3) is 0.579. The van der Waals surface area contributed by atoms with Crippen LogP contribution in [-0.2, 0) is 9.59 Å². The highest BCUT2D eigenvalue weighted by atomic mass is 19.1. The average Bonchev–Trinajstić information content (AvgIpc) is 2.77. The van der Waals surface area contributed by atoms with E-state index in [4.69, 9.17) is 4.74 Å². The number of carbonyl (C=O) groups excluding carboxylic acids is 2. The Morgan fingerprint density at radius 2 is 1.72 bits per heavy atom. The summed E-state index contributed by atoms with van der Waals surface area (Å²) < 4.78 is 18.5. The van der Waals surface area contributed by atoms with E-state index in [1.54, 1.807) is 17.0 Å². The number of hydrogen-bond acceptors (Lipinski definition) is 3. The van der Waals surface area contributed by atoms with Gasteiger partial charge in [0.15, 0.2) is 6.61 Å². The van der Waals surface area contributed by atoms with Crippen molar-refractivity contribution < 1.29 is 18.7 Å². The van der Waals surface area contributed by atoms with Gasteiger partial charge in [-0.3, -0.25) is 9.59 Å². The molecule has 1 saturated heterocycles. The lowest BCUT2D eigenvalue weighted by atomic mass is 9.91. The molecule has 0 radical (unpaired) electrons. The number of ether oxygens (including phenoxy) is 1. The molecule has 1 aromatic carbocycles. The molecule has 1 aliphatic rings. The molecule has 25 heavy (non-hydrogen) atoms. The van der Waals surface area contributed by atoms with Crippen LogP contribution in [0.15, 0.2) is 24.3 Å². The van der Waals surface area contributed by atoms with E-state index in [2.05, 4.69) is 0 Å². The molecule has 0 bridgehead atoms. The minimum Gasteiger partial charge on any atom is -0.484 e.